The Hall–Kier alpha value is -5.97. The molecule has 4 atom stereocenters. The summed E-state index contributed by atoms with van der Waals surface area (Å²) in [6, 6.07) is 9.53. The van der Waals surface area contributed by atoms with E-state index in [4.69, 9.17) is 9.72 Å². The molecule has 6 amide bonds. The molecule has 61 heavy (non-hydrogen) atoms. The van der Waals surface area contributed by atoms with E-state index in [9.17, 15) is 38.3 Å². The average molecular weight is 848 g/mol. The van der Waals surface area contributed by atoms with Crippen LogP contribution in [0.15, 0.2) is 66.9 Å². The summed E-state index contributed by atoms with van der Waals surface area (Å²) in [5.74, 6) is -4.39. The van der Waals surface area contributed by atoms with Gasteiger partial charge in [0.25, 0.3) is 11.8 Å². The van der Waals surface area contributed by atoms with E-state index in [-0.39, 0.29) is 49.8 Å². The second-order valence-electron chi connectivity index (χ2n) is 17.3. The molecule has 0 bridgehead atoms. The second kappa shape index (κ2) is 19.6. The van der Waals surface area contributed by atoms with Crippen LogP contribution < -0.4 is 16.0 Å². The average Bonchev–Trinajstić information content (AvgIpc) is 3.91. The van der Waals surface area contributed by atoms with E-state index in [1.54, 1.807) is 31.5 Å². The van der Waals surface area contributed by atoms with Gasteiger partial charge in [-0.05, 0) is 69.2 Å². The van der Waals surface area contributed by atoms with E-state index in [0.29, 0.717) is 25.1 Å². The van der Waals surface area contributed by atoms with Crippen LogP contribution in [0.4, 0.5) is 13.6 Å². The van der Waals surface area contributed by atoms with E-state index in [1.165, 1.54) is 4.90 Å². The summed E-state index contributed by atoms with van der Waals surface area (Å²) >= 11 is 0. The number of carbonyl (C=O) groups is 6. The number of nitrogens with zero attached hydrogens (tertiary/aromatic N) is 4. The Labute approximate surface area is 353 Å². The van der Waals surface area contributed by atoms with E-state index in [2.05, 4.69) is 16.0 Å². The molecule has 1 saturated carbocycles. The summed E-state index contributed by atoms with van der Waals surface area (Å²) in [7, 11) is 0. The Morgan fingerprint density at radius 2 is 1.67 bits per heavy atom. The van der Waals surface area contributed by atoms with Crippen LogP contribution in [0.2, 0.25) is 0 Å². The first-order valence-electron chi connectivity index (χ1n) is 20.3. The van der Waals surface area contributed by atoms with Gasteiger partial charge in [0.2, 0.25) is 17.7 Å². The molecule has 5 rings (SSSR count). The van der Waals surface area contributed by atoms with Gasteiger partial charge in [0.1, 0.15) is 35.7 Å². The first kappa shape index (κ1) is 46.1. The van der Waals surface area contributed by atoms with Gasteiger partial charge in [0.05, 0.1) is 17.7 Å². The number of carbonyl (C=O) groups excluding carboxylic acids is 6. The number of alkyl carbamates (subject to hydrolysis) is 1. The molecule has 0 unspecified atom stereocenters. The Balaban J connectivity index is 1.43. The van der Waals surface area contributed by atoms with Gasteiger partial charge in [-0.2, -0.15) is 0 Å². The van der Waals surface area contributed by atoms with E-state index in [0.717, 1.165) is 40.8 Å². The quantitative estimate of drug-likeness (QED) is 0.151. The van der Waals surface area contributed by atoms with Crippen molar-refractivity contribution in [2.24, 2.45) is 11.3 Å². The van der Waals surface area contributed by atoms with Crippen molar-refractivity contribution in [1.29, 1.82) is 0 Å². The predicted molar refractivity (Wildman–Crippen MR) is 220 cm³/mol. The fourth-order valence-corrected chi connectivity index (χ4v) is 7.65. The van der Waals surface area contributed by atoms with Gasteiger partial charge in [0, 0.05) is 56.1 Å². The number of benzene rings is 2. The second-order valence-corrected chi connectivity index (χ2v) is 17.3. The minimum atomic E-state index is -1.30. The highest BCUT2D eigenvalue weighted by molar-refractivity contribution is 6.12. The van der Waals surface area contributed by atoms with Crippen LogP contribution in [0, 0.1) is 23.0 Å². The zero-order valence-electron chi connectivity index (χ0n) is 35.4. The van der Waals surface area contributed by atoms with Gasteiger partial charge in [-0.15, -0.1) is 0 Å². The van der Waals surface area contributed by atoms with Crippen LogP contribution in [-0.2, 0) is 35.3 Å². The smallest absolute Gasteiger partial charge is 0.408 e. The Bertz CT molecular complexity index is 2110. The number of nitrogens with one attached hydrogen (secondary N) is 3. The summed E-state index contributed by atoms with van der Waals surface area (Å²) < 4.78 is 36.9. The molecule has 17 heteroatoms. The lowest BCUT2D eigenvalue weighted by Gasteiger charge is -2.40. The van der Waals surface area contributed by atoms with Crippen molar-refractivity contribution in [2.75, 3.05) is 26.2 Å². The Morgan fingerprint density at radius 1 is 0.984 bits per heavy atom. The van der Waals surface area contributed by atoms with Crippen LogP contribution in [0.1, 0.15) is 84.7 Å². The van der Waals surface area contributed by atoms with Gasteiger partial charge < -0.3 is 35.3 Å². The maximum atomic E-state index is 15.2. The molecular weight excluding hydrogens is 793 g/mol. The molecule has 1 aliphatic carbocycles. The van der Waals surface area contributed by atoms with Gasteiger partial charge in [-0.1, -0.05) is 57.5 Å². The number of amides is 6. The monoisotopic (exact) mass is 847 g/mol. The number of aliphatic hydroxyl groups excluding tert-OH is 1. The molecule has 15 nitrogen and oxygen atoms in total. The molecule has 1 aromatic heterocycles. The lowest BCUT2D eigenvalue weighted by Crippen LogP contribution is -2.54. The number of imide groups is 1. The van der Waals surface area contributed by atoms with Crippen molar-refractivity contribution in [3.63, 3.8) is 0 Å². The van der Waals surface area contributed by atoms with Gasteiger partial charge in [0.15, 0.2) is 0 Å². The molecule has 1 aliphatic heterocycles. The molecule has 0 radical (unpaired) electrons. The molecule has 2 heterocycles. The molecule has 2 aromatic carbocycles. The first-order chi connectivity index (χ1) is 28.7. The topological polar surface area (TPSA) is 192 Å². The summed E-state index contributed by atoms with van der Waals surface area (Å²) in [6.45, 7) is 9.66. The molecule has 4 N–H and O–H groups in total. The summed E-state index contributed by atoms with van der Waals surface area (Å²) in [6.07, 6.45) is 4.34. The van der Waals surface area contributed by atoms with E-state index in [1.807, 2.05) is 51.1 Å². The van der Waals surface area contributed by atoms with Crippen molar-refractivity contribution in [2.45, 2.75) is 97.5 Å². The number of halogens is 2. The van der Waals surface area contributed by atoms with Crippen LogP contribution in [0.3, 0.4) is 0 Å². The normalized spacial score (nSPS) is 17.6. The molecule has 3 aromatic rings. The number of aliphatic hydroxyl groups is 1. The molecular formula is C44H55F2N7O8. The highest BCUT2D eigenvalue weighted by Crippen LogP contribution is 2.40. The van der Waals surface area contributed by atoms with E-state index < -0.39 is 83.0 Å². The lowest BCUT2D eigenvalue weighted by atomic mass is 9.84. The number of hydrogen-bond donors (Lipinski definition) is 4. The minimum Gasteiger partial charge on any atom is -0.444 e. The largest absolute Gasteiger partial charge is 0.444 e. The number of ether oxygens (including phenoxy) is 1. The highest BCUT2D eigenvalue weighted by Gasteiger charge is 2.40. The molecule has 0 spiro atoms. The van der Waals surface area contributed by atoms with E-state index >= 15 is 4.39 Å². The van der Waals surface area contributed by atoms with Gasteiger partial charge in [-0.3, -0.25) is 28.9 Å². The minimum absolute atomic E-state index is 0.0177. The molecule has 2 aliphatic rings. The fourth-order valence-electron chi connectivity index (χ4n) is 7.65. The molecule has 1 fully saturated rings. The van der Waals surface area contributed by atoms with Crippen LogP contribution in [-0.4, -0.2) is 104 Å². The fraction of sp³-hybridized carbons (Fsp3) is 0.477. The zero-order valence-corrected chi connectivity index (χ0v) is 35.4. The van der Waals surface area contributed by atoms with Gasteiger partial charge >= 0.3 is 6.09 Å². The number of rotatable bonds is 16. The summed E-state index contributed by atoms with van der Waals surface area (Å²) in [5.41, 5.74) is -0.860. The first-order valence-corrected chi connectivity index (χ1v) is 20.3. The predicted octanol–water partition coefficient (Wildman–Crippen LogP) is 4.39. The number of hydrogen-bond acceptors (Lipinski definition) is 9. The lowest BCUT2D eigenvalue weighted by molar-refractivity contribution is -0.140. The third-order valence-corrected chi connectivity index (χ3v) is 10.4. The third kappa shape index (κ3) is 12.1. The van der Waals surface area contributed by atoms with Crippen molar-refractivity contribution in [1.82, 2.24) is 35.3 Å². The number of imidazole rings is 1. The van der Waals surface area contributed by atoms with Crippen molar-refractivity contribution < 1.29 is 47.4 Å². The van der Waals surface area contributed by atoms with Crippen molar-refractivity contribution in [3.05, 3.63) is 89.9 Å². The maximum Gasteiger partial charge on any atom is 0.408 e. The highest BCUT2D eigenvalue weighted by atomic mass is 19.1. The molecule has 0 saturated heterocycles. The standard InChI is InChI=1S/C44H55F2N7O8/c1-43(2,3)38(39-48-34(30-23-28(45)15-16-31(30)46)25-51(39)24-27-11-8-7-9-12-27)53(37(57)26-54)21-19-33(50-42(60)61-44(4,5)6)41(59)49-32-14-10-13-29(32)40(58)47-20-22-52-35(55)17-18-36(52)56/h7-9,11-12,15-18,23,25,29,32-33,38,54H,10,13-14,19-22,24,26H2,1-6H3,(H,47,58)(H,49,59)(H,50,60)/t29-,32+,33+,38+/m1/s1. The van der Waals surface area contributed by atoms with Crippen LogP contribution in [0.5, 0.6) is 0 Å². The third-order valence-electron chi connectivity index (χ3n) is 10.4. The SMILES string of the molecule is CC(C)(C)OC(=O)N[C@@H](CCN(C(=O)CO)[C@@H](c1nc(-c2cc(F)ccc2F)cn1Cc1ccccc1)C(C)(C)C)C(=O)N[C@H]1CCC[C@H]1C(=O)NCCN1C(=O)C=CC1=O. The van der Waals surface area contributed by atoms with Crippen LogP contribution >= 0.6 is 0 Å². The Kier molecular flexibility index (Phi) is 14.8. The summed E-state index contributed by atoms with van der Waals surface area (Å²) in [4.78, 5) is 85.5. The van der Waals surface area contributed by atoms with Gasteiger partial charge in [-0.25, -0.2) is 18.6 Å². The molecule has 328 valence electrons. The van der Waals surface area contributed by atoms with Crippen molar-refractivity contribution in [3.8, 4) is 11.3 Å². The number of aromatic nitrogens is 2. The zero-order chi connectivity index (χ0) is 44.6. The van der Waals surface area contributed by atoms with Crippen molar-refractivity contribution >= 4 is 35.6 Å². The van der Waals surface area contributed by atoms with Crippen LogP contribution in [0.25, 0.3) is 11.3 Å². The Morgan fingerprint density at radius 3 is 2.31 bits per heavy atom. The maximum absolute atomic E-state index is 15.2. The summed E-state index contributed by atoms with van der Waals surface area (Å²) in [5, 5.41) is 18.6.